The predicted octanol–water partition coefficient (Wildman–Crippen LogP) is 8.67. The van der Waals surface area contributed by atoms with Crippen molar-refractivity contribution in [3.8, 4) is 0 Å². The summed E-state index contributed by atoms with van der Waals surface area (Å²) in [7, 11) is 2.97. The lowest BCUT2D eigenvalue weighted by Gasteiger charge is -2.42. The molecule has 232 valence electrons. The lowest BCUT2D eigenvalue weighted by Crippen LogP contribution is -2.56. The Bertz CT molecular complexity index is 1360. The van der Waals surface area contributed by atoms with Gasteiger partial charge >= 0.3 is 11.9 Å². The average molecular weight is 671 g/mol. The summed E-state index contributed by atoms with van der Waals surface area (Å²) in [6.45, 7) is 7.59. The van der Waals surface area contributed by atoms with Crippen LogP contribution in [0.4, 0.5) is 5.69 Å². The first kappa shape index (κ1) is 35.0. The molecule has 0 fully saturated rings. The summed E-state index contributed by atoms with van der Waals surface area (Å²) in [6.07, 6.45) is -2.14. The Hall–Kier alpha value is -2.52. The molecule has 0 aliphatic rings. The second-order valence-corrected chi connectivity index (χ2v) is 11.5. The van der Waals surface area contributed by atoms with Crippen molar-refractivity contribution in [2.45, 2.75) is 65.2 Å². The van der Waals surface area contributed by atoms with Gasteiger partial charge in [-0.15, -0.1) is 0 Å². The van der Waals surface area contributed by atoms with Gasteiger partial charge in [0.2, 0.25) is 12.5 Å². The van der Waals surface area contributed by atoms with E-state index < -0.39 is 36.6 Å². The summed E-state index contributed by atoms with van der Waals surface area (Å²) in [5.74, 6) is -1.50. The normalized spacial score (nSPS) is 14.0. The minimum Gasteiger partial charge on any atom is -0.435 e. The van der Waals surface area contributed by atoms with Gasteiger partial charge in [0.25, 0.3) is 0 Å². The molecule has 0 aromatic heterocycles. The Kier molecular flexibility index (Phi) is 13.0. The summed E-state index contributed by atoms with van der Waals surface area (Å²) in [4.78, 5) is 28.8. The van der Waals surface area contributed by atoms with Gasteiger partial charge in [-0.1, -0.05) is 66.3 Å². The Morgan fingerprint density at radius 2 is 1.12 bits per heavy atom. The molecule has 3 rings (SSSR count). The number of hydrogen-bond acceptors (Lipinski definition) is 7. The number of carbonyl (C=O) groups excluding carboxylic acids is 2. The number of nitrogens with zero attached hydrogens (tertiary/aromatic N) is 1. The van der Waals surface area contributed by atoms with Gasteiger partial charge in [-0.2, -0.15) is 0 Å². The Morgan fingerprint density at radius 3 is 1.51 bits per heavy atom. The van der Waals surface area contributed by atoms with Crippen molar-refractivity contribution in [1.29, 1.82) is 0 Å². The van der Waals surface area contributed by atoms with Crippen LogP contribution in [0.2, 0.25) is 20.1 Å². The van der Waals surface area contributed by atoms with E-state index in [2.05, 4.69) is 13.8 Å². The highest BCUT2D eigenvalue weighted by atomic mass is 35.5. The molecule has 0 bridgehead atoms. The molecule has 0 heterocycles. The third-order valence-corrected chi connectivity index (χ3v) is 8.23. The minimum atomic E-state index is -1.13. The van der Waals surface area contributed by atoms with Crippen molar-refractivity contribution >= 4 is 64.0 Å². The molecule has 7 nitrogen and oxygen atoms in total. The van der Waals surface area contributed by atoms with Gasteiger partial charge < -0.3 is 18.9 Å². The molecule has 43 heavy (non-hydrogen) atoms. The predicted molar refractivity (Wildman–Crippen MR) is 172 cm³/mol. The van der Waals surface area contributed by atoms with Crippen molar-refractivity contribution < 1.29 is 28.5 Å². The SMILES string of the molecule is CCc1ccc(N(C(OC(=O)c2cc(Cl)ccc2Cl)C(C)OC)C(OC(=O)c2cc(Cl)ccc2Cl)C(C)OC)cc1CC. The summed E-state index contributed by atoms with van der Waals surface area (Å²) in [5, 5.41) is 0.944. The second kappa shape index (κ2) is 16.0. The first-order valence-electron chi connectivity index (χ1n) is 13.7. The van der Waals surface area contributed by atoms with Crippen LogP contribution in [-0.2, 0) is 31.8 Å². The maximum Gasteiger partial charge on any atom is 0.341 e. The number of anilines is 1. The lowest BCUT2D eigenvalue weighted by atomic mass is 10.0. The van der Waals surface area contributed by atoms with Crippen LogP contribution in [0.3, 0.4) is 0 Å². The smallest absolute Gasteiger partial charge is 0.341 e. The second-order valence-electron chi connectivity index (χ2n) is 9.79. The molecule has 0 spiro atoms. The highest BCUT2D eigenvalue weighted by Gasteiger charge is 2.40. The molecule has 0 aliphatic heterocycles. The summed E-state index contributed by atoms with van der Waals surface area (Å²) < 4.78 is 23.6. The van der Waals surface area contributed by atoms with Gasteiger partial charge in [-0.3, -0.25) is 4.90 Å². The number of hydrogen-bond donors (Lipinski definition) is 0. The van der Waals surface area contributed by atoms with Crippen LogP contribution in [0.1, 0.15) is 59.5 Å². The van der Waals surface area contributed by atoms with Crippen LogP contribution in [0, 0.1) is 0 Å². The third-order valence-electron chi connectivity index (χ3n) is 7.10. The van der Waals surface area contributed by atoms with Gasteiger partial charge in [0.05, 0.1) is 21.2 Å². The van der Waals surface area contributed by atoms with E-state index in [1.807, 2.05) is 18.2 Å². The van der Waals surface area contributed by atoms with Crippen molar-refractivity contribution in [3.05, 3.63) is 96.9 Å². The van der Waals surface area contributed by atoms with E-state index in [1.54, 1.807) is 30.9 Å². The van der Waals surface area contributed by atoms with Gasteiger partial charge in [0.1, 0.15) is 12.2 Å². The van der Waals surface area contributed by atoms with Gasteiger partial charge in [0.15, 0.2) is 0 Å². The molecule has 0 aliphatic carbocycles. The number of esters is 2. The van der Waals surface area contributed by atoms with Crippen molar-refractivity contribution in [3.63, 3.8) is 0 Å². The van der Waals surface area contributed by atoms with E-state index >= 15 is 0 Å². The van der Waals surface area contributed by atoms with Crippen LogP contribution >= 0.6 is 46.4 Å². The fourth-order valence-electron chi connectivity index (χ4n) is 4.53. The standard InChI is InChI=1S/C32H35Cl4NO6/c1-7-20-9-12-24(15-21(20)8-2)37(29(18(3)40-5)42-31(38)25-16-22(33)10-13-27(25)35)30(19(4)41-6)43-32(39)26-17-23(34)11-14-28(26)36/h9-19,29-30H,7-8H2,1-6H3. The molecular weight excluding hydrogens is 636 g/mol. The molecule has 0 N–H and O–H groups in total. The first-order chi connectivity index (χ1) is 20.4. The van der Waals surface area contributed by atoms with Gasteiger partial charge in [0, 0.05) is 30.0 Å². The average Bonchev–Trinajstić information content (AvgIpc) is 3.01. The zero-order chi connectivity index (χ0) is 31.8. The quantitative estimate of drug-likeness (QED) is 0.133. The van der Waals surface area contributed by atoms with Crippen molar-refractivity contribution in [1.82, 2.24) is 0 Å². The van der Waals surface area contributed by atoms with Gasteiger partial charge in [-0.25, -0.2) is 9.59 Å². The van der Waals surface area contributed by atoms with E-state index in [1.165, 1.54) is 38.5 Å². The third kappa shape index (κ3) is 8.56. The molecule has 0 saturated carbocycles. The fourth-order valence-corrected chi connectivity index (χ4v) is 5.26. The maximum absolute atomic E-state index is 13.6. The molecule has 0 amide bonds. The van der Waals surface area contributed by atoms with E-state index in [4.69, 9.17) is 65.4 Å². The number of benzene rings is 3. The highest BCUT2D eigenvalue weighted by molar-refractivity contribution is 6.36. The topological polar surface area (TPSA) is 74.3 Å². The minimum absolute atomic E-state index is 0.0667. The number of methoxy groups -OCH3 is 2. The maximum atomic E-state index is 13.6. The number of carbonyl (C=O) groups is 2. The van der Waals surface area contributed by atoms with E-state index in [0.29, 0.717) is 15.7 Å². The van der Waals surface area contributed by atoms with Crippen LogP contribution in [0.15, 0.2) is 54.6 Å². The Balaban J connectivity index is 2.21. The highest BCUT2D eigenvalue weighted by Crippen LogP contribution is 2.32. The van der Waals surface area contributed by atoms with Crippen LogP contribution in [0.25, 0.3) is 0 Å². The van der Waals surface area contributed by atoms with E-state index in [0.717, 1.165) is 24.0 Å². The molecular formula is C32H35Cl4NO6. The zero-order valence-electron chi connectivity index (χ0n) is 24.8. The molecule has 4 unspecified atom stereocenters. The molecule has 0 saturated heterocycles. The van der Waals surface area contributed by atoms with Crippen molar-refractivity contribution in [2.24, 2.45) is 0 Å². The number of rotatable bonds is 13. The Morgan fingerprint density at radius 1 is 0.674 bits per heavy atom. The zero-order valence-corrected chi connectivity index (χ0v) is 27.9. The number of ether oxygens (including phenoxy) is 4. The molecule has 0 radical (unpaired) electrons. The van der Waals surface area contributed by atoms with Crippen LogP contribution in [0.5, 0.6) is 0 Å². The first-order valence-corrected chi connectivity index (χ1v) is 15.2. The molecule has 3 aromatic rings. The van der Waals surface area contributed by atoms with E-state index in [9.17, 15) is 9.59 Å². The molecule has 4 atom stereocenters. The molecule has 11 heteroatoms. The summed E-state index contributed by atoms with van der Waals surface area (Å²) in [6, 6.07) is 14.9. The van der Waals surface area contributed by atoms with Crippen molar-refractivity contribution in [2.75, 3.05) is 19.1 Å². The fraction of sp³-hybridized carbons (Fsp3) is 0.375. The molecule has 3 aromatic carbocycles. The Labute approximate surface area is 272 Å². The summed E-state index contributed by atoms with van der Waals surface area (Å²) in [5.41, 5.74) is 2.97. The van der Waals surface area contributed by atoms with E-state index in [-0.39, 0.29) is 21.2 Å². The number of halogens is 4. The largest absolute Gasteiger partial charge is 0.435 e. The van der Waals surface area contributed by atoms with Crippen LogP contribution in [-0.4, -0.2) is 50.8 Å². The van der Waals surface area contributed by atoms with Crippen LogP contribution < -0.4 is 4.90 Å². The number of aryl methyl sites for hydroxylation is 2. The monoisotopic (exact) mass is 669 g/mol. The van der Waals surface area contributed by atoms with Gasteiger partial charge in [-0.05, 0) is 86.3 Å². The lowest BCUT2D eigenvalue weighted by molar-refractivity contribution is -0.0742. The summed E-state index contributed by atoms with van der Waals surface area (Å²) >= 11 is 25.0.